The molecule has 0 bridgehead atoms. The van der Waals surface area contributed by atoms with E-state index in [0.29, 0.717) is 5.92 Å². The number of likely N-dealkylation sites (tertiary alicyclic amines) is 2. The lowest BCUT2D eigenvalue weighted by atomic mass is 9.78. The highest BCUT2D eigenvalue weighted by atomic mass is 16.5. The molecule has 23 heavy (non-hydrogen) atoms. The van der Waals surface area contributed by atoms with Crippen molar-refractivity contribution in [1.82, 2.24) is 9.80 Å². The minimum absolute atomic E-state index is 0.0800. The van der Waals surface area contributed by atoms with Gasteiger partial charge in [0.25, 0.3) is 5.91 Å². The molecule has 0 aliphatic carbocycles. The van der Waals surface area contributed by atoms with Crippen LogP contribution in [0.5, 0.6) is 5.75 Å². The second-order valence-corrected chi connectivity index (χ2v) is 6.88. The maximum Gasteiger partial charge on any atom is 0.260 e. The zero-order chi connectivity index (χ0) is 16.3. The van der Waals surface area contributed by atoms with Gasteiger partial charge < -0.3 is 19.3 Å². The van der Waals surface area contributed by atoms with Gasteiger partial charge in [-0.15, -0.1) is 0 Å². The number of para-hydroxylation sites is 1. The average molecular weight is 318 g/mol. The molecule has 2 aliphatic rings. The highest BCUT2D eigenvalue weighted by Crippen LogP contribution is 2.43. The third kappa shape index (κ3) is 3.51. The van der Waals surface area contributed by atoms with Gasteiger partial charge in [-0.2, -0.15) is 0 Å². The number of hydrogen-bond donors (Lipinski definition) is 0. The van der Waals surface area contributed by atoms with Gasteiger partial charge in [0.2, 0.25) is 0 Å². The van der Waals surface area contributed by atoms with Crippen LogP contribution in [-0.2, 0) is 9.53 Å². The first-order valence-electron chi connectivity index (χ1n) is 8.26. The van der Waals surface area contributed by atoms with E-state index in [4.69, 9.17) is 9.47 Å². The van der Waals surface area contributed by atoms with Crippen molar-refractivity contribution in [3.05, 3.63) is 30.3 Å². The Balaban J connectivity index is 1.57. The number of hydrogen-bond acceptors (Lipinski definition) is 4. The summed E-state index contributed by atoms with van der Waals surface area (Å²) in [7, 11) is 3.91. The molecular weight excluding hydrogens is 292 g/mol. The van der Waals surface area contributed by atoms with Gasteiger partial charge in [0.1, 0.15) is 5.75 Å². The molecule has 0 saturated carbocycles. The molecule has 1 amide bonds. The van der Waals surface area contributed by atoms with Crippen molar-refractivity contribution < 1.29 is 14.3 Å². The summed E-state index contributed by atoms with van der Waals surface area (Å²) < 4.78 is 11.0. The minimum Gasteiger partial charge on any atom is -0.484 e. The van der Waals surface area contributed by atoms with E-state index in [9.17, 15) is 4.79 Å². The van der Waals surface area contributed by atoms with Crippen LogP contribution in [-0.4, -0.2) is 69.3 Å². The van der Waals surface area contributed by atoms with E-state index in [0.717, 1.165) is 45.0 Å². The van der Waals surface area contributed by atoms with Crippen LogP contribution in [0.3, 0.4) is 0 Å². The topological polar surface area (TPSA) is 42.0 Å². The molecule has 2 saturated heterocycles. The van der Waals surface area contributed by atoms with Crippen molar-refractivity contribution in [1.29, 1.82) is 0 Å². The second-order valence-electron chi connectivity index (χ2n) is 6.88. The Morgan fingerprint density at radius 3 is 2.83 bits per heavy atom. The fraction of sp³-hybridized carbons (Fsp3) is 0.611. The quantitative estimate of drug-likeness (QED) is 0.825. The highest BCUT2D eigenvalue weighted by Gasteiger charge is 2.50. The summed E-state index contributed by atoms with van der Waals surface area (Å²) in [5.74, 6) is 1.33. The van der Waals surface area contributed by atoms with Gasteiger partial charge in [-0.1, -0.05) is 18.2 Å². The van der Waals surface area contributed by atoms with Crippen molar-refractivity contribution in [3.63, 3.8) is 0 Å². The molecule has 0 aromatic heterocycles. The van der Waals surface area contributed by atoms with Crippen LogP contribution in [0.1, 0.15) is 6.42 Å². The van der Waals surface area contributed by atoms with E-state index in [1.54, 1.807) is 7.11 Å². The van der Waals surface area contributed by atoms with Gasteiger partial charge in [-0.25, -0.2) is 0 Å². The Bertz CT molecular complexity index is 536. The molecule has 0 N–H and O–H groups in total. The number of carbonyl (C=O) groups excluding carboxylic acids is 1. The summed E-state index contributed by atoms with van der Waals surface area (Å²) in [4.78, 5) is 16.8. The molecule has 1 aromatic rings. The predicted molar refractivity (Wildman–Crippen MR) is 88.4 cm³/mol. The largest absolute Gasteiger partial charge is 0.484 e. The van der Waals surface area contributed by atoms with Crippen molar-refractivity contribution in [2.24, 2.45) is 11.3 Å². The number of benzene rings is 1. The van der Waals surface area contributed by atoms with E-state index in [2.05, 4.69) is 11.9 Å². The molecule has 1 aromatic carbocycles. The van der Waals surface area contributed by atoms with Crippen LogP contribution in [0, 0.1) is 11.3 Å². The van der Waals surface area contributed by atoms with Gasteiger partial charge in [-0.3, -0.25) is 4.79 Å². The first-order chi connectivity index (χ1) is 11.1. The third-order valence-electron chi connectivity index (χ3n) is 5.19. The Kier molecular flexibility index (Phi) is 4.87. The van der Waals surface area contributed by atoms with E-state index >= 15 is 0 Å². The first-order valence-corrected chi connectivity index (χ1v) is 8.26. The van der Waals surface area contributed by atoms with Crippen LogP contribution in [0.15, 0.2) is 30.3 Å². The molecule has 1 spiro atoms. The lowest BCUT2D eigenvalue weighted by Crippen LogP contribution is -2.39. The summed E-state index contributed by atoms with van der Waals surface area (Å²) in [6.07, 6.45) is 1.06. The van der Waals surface area contributed by atoms with E-state index in [-0.39, 0.29) is 17.9 Å². The van der Waals surface area contributed by atoms with Crippen LogP contribution >= 0.6 is 0 Å². The Morgan fingerprint density at radius 2 is 2.09 bits per heavy atom. The van der Waals surface area contributed by atoms with Gasteiger partial charge in [0.05, 0.1) is 6.61 Å². The van der Waals surface area contributed by atoms with Crippen LogP contribution in [0.25, 0.3) is 0 Å². The van der Waals surface area contributed by atoms with E-state index in [1.165, 1.54) is 0 Å². The standard InChI is InChI=1S/C18H26N2O3/c1-19-10-15(11-22-2)18(13-19)8-9-20(14-18)17(21)12-23-16-6-4-3-5-7-16/h3-7,15H,8-14H2,1-2H3/t15-,18-/m0/s1. The Labute approximate surface area is 138 Å². The molecule has 5 nitrogen and oxygen atoms in total. The fourth-order valence-electron chi connectivity index (χ4n) is 4.06. The van der Waals surface area contributed by atoms with Crippen LogP contribution < -0.4 is 4.74 Å². The number of methoxy groups -OCH3 is 1. The molecule has 2 heterocycles. The zero-order valence-electron chi connectivity index (χ0n) is 14.0. The van der Waals surface area contributed by atoms with Crippen LogP contribution in [0.2, 0.25) is 0 Å². The summed E-state index contributed by atoms with van der Waals surface area (Å²) in [6.45, 7) is 4.63. The summed E-state index contributed by atoms with van der Waals surface area (Å²) in [5, 5.41) is 0. The molecular formula is C18H26N2O3. The van der Waals surface area contributed by atoms with Crippen LogP contribution in [0.4, 0.5) is 0 Å². The van der Waals surface area contributed by atoms with Gasteiger partial charge >= 0.3 is 0 Å². The van der Waals surface area contributed by atoms with Gasteiger partial charge in [-0.05, 0) is 25.6 Å². The van der Waals surface area contributed by atoms with Gasteiger partial charge in [0.15, 0.2) is 6.61 Å². The summed E-state index contributed by atoms with van der Waals surface area (Å²) >= 11 is 0. The highest BCUT2D eigenvalue weighted by molar-refractivity contribution is 5.78. The lowest BCUT2D eigenvalue weighted by Gasteiger charge is -2.30. The van der Waals surface area contributed by atoms with Gasteiger partial charge in [0, 0.05) is 44.6 Å². The number of nitrogens with zero attached hydrogens (tertiary/aromatic N) is 2. The van der Waals surface area contributed by atoms with Crippen molar-refractivity contribution in [2.75, 3.05) is 53.6 Å². The number of rotatable bonds is 5. The normalized spacial score (nSPS) is 27.7. The lowest BCUT2D eigenvalue weighted by molar-refractivity contribution is -0.132. The molecule has 5 heteroatoms. The molecule has 126 valence electrons. The maximum atomic E-state index is 12.5. The number of ether oxygens (including phenoxy) is 2. The molecule has 0 radical (unpaired) electrons. The van der Waals surface area contributed by atoms with Crippen molar-refractivity contribution in [3.8, 4) is 5.75 Å². The SMILES string of the molecule is COC[C@@H]1CN(C)C[C@]12CCN(C(=O)COc1ccccc1)C2. The van der Waals surface area contributed by atoms with Crippen molar-refractivity contribution in [2.45, 2.75) is 6.42 Å². The molecule has 0 unspecified atom stereocenters. The molecule has 3 rings (SSSR count). The monoisotopic (exact) mass is 318 g/mol. The van der Waals surface area contributed by atoms with E-state index < -0.39 is 0 Å². The maximum absolute atomic E-state index is 12.5. The molecule has 2 atom stereocenters. The second kappa shape index (κ2) is 6.89. The summed E-state index contributed by atoms with van der Waals surface area (Å²) in [6, 6.07) is 9.51. The smallest absolute Gasteiger partial charge is 0.260 e. The third-order valence-corrected chi connectivity index (χ3v) is 5.19. The Morgan fingerprint density at radius 1 is 1.30 bits per heavy atom. The molecule has 2 fully saturated rings. The zero-order valence-corrected chi connectivity index (χ0v) is 14.0. The predicted octanol–water partition coefficient (Wildman–Crippen LogP) is 1.49. The number of carbonyl (C=O) groups is 1. The number of amides is 1. The first kappa shape index (κ1) is 16.3. The fourth-order valence-corrected chi connectivity index (χ4v) is 4.06. The average Bonchev–Trinajstić information content (AvgIpc) is 3.11. The Hall–Kier alpha value is -1.59. The van der Waals surface area contributed by atoms with Crippen molar-refractivity contribution >= 4 is 5.91 Å². The summed E-state index contributed by atoms with van der Waals surface area (Å²) in [5.41, 5.74) is 0.188. The minimum atomic E-state index is 0.0800. The van der Waals surface area contributed by atoms with E-state index in [1.807, 2.05) is 35.2 Å². The molecule has 2 aliphatic heterocycles.